The van der Waals surface area contributed by atoms with Crippen molar-refractivity contribution in [1.82, 2.24) is 9.97 Å². The Bertz CT molecular complexity index is 939. The van der Waals surface area contributed by atoms with E-state index in [1.807, 2.05) is 20.9 Å². The molecular formula is C18H21N3OS. The van der Waals surface area contributed by atoms with Gasteiger partial charge in [-0.15, -0.1) is 11.3 Å². The molecule has 2 heterocycles. The number of nitrogens with one attached hydrogen (secondary N) is 1. The molecule has 0 bridgehead atoms. The van der Waals surface area contributed by atoms with Crippen molar-refractivity contribution < 1.29 is 0 Å². The van der Waals surface area contributed by atoms with Crippen LogP contribution in [0.3, 0.4) is 0 Å². The van der Waals surface area contributed by atoms with E-state index in [4.69, 9.17) is 0 Å². The van der Waals surface area contributed by atoms with Gasteiger partial charge in [0.25, 0.3) is 5.56 Å². The van der Waals surface area contributed by atoms with E-state index in [0.717, 1.165) is 26.3 Å². The molecule has 0 amide bonds. The molecule has 0 spiro atoms. The van der Waals surface area contributed by atoms with Crippen LogP contribution in [0.25, 0.3) is 10.2 Å². The molecule has 0 saturated heterocycles. The van der Waals surface area contributed by atoms with Crippen molar-refractivity contribution in [2.75, 3.05) is 11.9 Å². The summed E-state index contributed by atoms with van der Waals surface area (Å²) >= 11 is 1.59. The number of thiophene rings is 1. The van der Waals surface area contributed by atoms with Crippen molar-refractivity contribution in [3.05, 3.63) is 55.9 Å². The van der Waals surface area contributed by atoms with E-state index in [1.54, 1.807) is 11.3 Å². The maximum atomic E-state index is 12.4. The largest absolute Gasteiger partial charge is 0.367 e. The third-order valence-corrected chi connectivity index (χ3v) is 5.34. The highest BCUT2D eigenvalue weighted by Gasteiger charge is 2.13. The highest BCUT2D eigenvalue weighted by Crippen LogP contribution is 2.26. The van der Waals surface area contributed by atoms with Crippen LogP contribution in [0, 0.1) is 27.7 Å². The second-order valence-corrected chi connectivity index (χ2v) is 7.33. The highest BCUT2D eigenvalue weighted by molar-refractivity contribution is 7.18. The van der Waals surface area contributed by atoms with Gasteiger partial charge in [-0.2, -0.15) is 0 Å². The Labute approximate surface area is 139 Å². The predicted molar refractivity (Wildman–Crippen MR) is 97.7 cm³/mol. The zero-order valence-corrected chi connectivity index (χ0v) is 15.0. The van der Waals surface area contributed by atoms with Crippen molar-refractivity contribution in [1.29, 1.82) is 0 Å². The van der Waals surface area contributed by atoms with Crippen molar-refractivity contribution in [2.45, 2.75) is 34.2 Å². The van der Waals surface area contributed by atoms with Crippen LogP contribution in [0.1, 0.15) is 27.4 Å². The number of fused-ring (bicyclic) bond motifs is 1. The van der Waals surface area contributed by atoms with Gasteiger partial charge in [0.15, 0.2) is 0 Å². The van der Waals surface area contributed by atoms with Crippen LogP contribution in [0.5, 0.6) is 0 Å². The number of H-pyrrole nitrogens is 1. The Morgan fingerprint density at radius 3 is 2.65 bits per heavy atom. The molecule has 0 radical (unpaired) electrons. The third-order valence-electron chi connectivity index (χ3n) is 4.24. The van der Waals surface area contributed by atoms with Gasteiger partial charge in [0.1, 0.15) is 10.7 Å². The highest BCUT2D eigenvalue weighted by atomic mass is 32.1. The molecule has 0 saturated carbocycles. The lowest BCUT2D eigenvalue weighted by Crippen LogP contribution is -2.22. The molecule has 5 heteroatoms. The fraction of sp³-hybridized carbons (Fsp3) is 0.333. The summed E-state index contributed by atoms with van der Waals surface area (Å²) in [7, 11) is 2.02. The molecule has 0 aliphatic heterocycles. The summed E-state index contributed by atoms with van der Waals surface area (Å²) < 4.78 is 0. The molecule has 0 aliphatic rings. The summed E-state index contributed by atoms with van der Waals surface area (Å²) in [6.45, 7) is 8.77. The van der Waals surface area contributed by atoms with Crippen molar-refractivity contribution in [3.63, 3.8) is 0 Å². The minimum Gasteiger partial charge on any atom is -0.367 e. The average Bonchev–Trinajstić information content (AvgIpc) is 2.73. The van der Waals surface area contributed by atoms with Crippen molar-refractivity contribution >= 4 is 27.2 Å². The topological polar surface area (TPSA) is 49.0 Å². The van der Waals surface area contributed by atoms with Gasteiger partial charge in [0.2, 0.25) is 0 Å². The molecule has 0 aliphatic carbocycles. The van der Waals surface area contributed by atoms with Crippen LogP contribution < -0.4 is 10.5 Å². The minimum absolute atomic E-state index is 0.0409. The van der Waals surface area contributed by atoms with Gasteiger partial charge in [-0.3, -0.25) is 4.79 Å². The lowest BCUT2D eigenvalue weighted by atomic mass is 10.1. The molecule has 2 aromatic heterocycles. The second-order valence-electron chi connectivity index (χ2n) is 6.12. The summed E-state index contributed by atoms with van der Waals surface area (Å²) in [5.41, 5.74) is 4.61. The molecule has 0 atom stereocenters. The number of aryl methyl sites for hydroxylation is 4. The zero-order valence-electron chi connectivity index (χ0n) is 14.2. The van der Waals surface area contributed by atoms with Gasteiger partial charge in [-0.25, -0.2) is 4.98 Å². The smallest absolute Gasteiger partial charge is 0.259 e. The fourth-order valence-corrected chi connectivity index (χ4v) is 3.97. The number of anilines is 1. The fourth-order valence-electron chi connectivity index (χ4n) is 2.92. The quantitative estimate of drug-likeness (QED) is 0.795. The first-order valence-electron chi connectivity index (χ1n) is 7.64. The molecule has 0 unspecified atom stereocenters. The normalized spacial score (nSPS) is 11.2. The molecule has 1 aromatic carbocycles. The number of nitrogens with zero attached hydrogens (tertiary/aromatic N) is 2. The van der Waals surface area contributed by atoms with E-state index >= 15 is 0 Å². The van der Waals surface area contributed by atoms with Gasteiger partial charge < -0.3 is 9.88 Å². The summed E-state index contributed by atoms with van der Waals surface area (Å²) in [5.74, 6) is 0.700. The molecule has 3 aromatic rings. The molecule has 4 nitrogen and oxygen atoms in total. The summed E-state index contributed by atoms with van der Waals surface area (Å²) in [6.07, 6.45) is 0. The summed E-state index contributed by atoms with van der Waals surface area (Å²) in [4.78, 5) is 24.0. The second kappa shape index (κ2) is 5.81. The first kappa shape index (κ1) is 15.7. The lowest BCUT2D eigenvalue weighted by molar-refractivity contribution is 0.838. The van der Waals surface area contributed by atoms with E-state index in [9.17, 15) is 4.79 Å². The van der Waals surface area contributed by atoms with Crippen LogP contribution >= 0.6 is 11.3 Å². The first-order chi connectivity index (χ1) is 10.9. The number of benzene rings is 1. The van der Waals surface area contributed by atoms with Crippen molar-refractivity contribution in [2.24, 2.45) is 0 Å². The Morgan fingerprint density at radius 2 is 1.96 bits per heavy atom. The van der Waals surface area contributed by atoms with Crippen LogP contribution in [0.15, 0.2) is 23.0 Å². The lowest BCUT2D eigenvalue weighted by Gasteiger charge is -2.21. The SMILES string of the molecule is Cc1ccc(N(C)Cc2nc3sc(C)c(C)c3c(=O)[nH]2)c(C)c1. The van der Waals surface area contributed by atoms with E-state index in [2.05, 4.69) is 46.9 Å². The zero-order chi connectivity index (χ0) is 16.7. The van der Waals surface area contributed by atoms with Crippen LogP contribution in [-0.4, -0.2) is 17.0 Å². The maximum Gasteiger partial charge on any atom is 0.259 e. The monoisotopic (exact) mass is 327 g/mol. The van der Waals surface area contributed by atoms with E-state index in [1.165, 1.54) is 11.1 Å². The van der Waals surface area contributed by atoms with Crippen LogP contribution in [0.2, 0.25) is 0 Å². The minimum atomic E-state index is -0.0409. The van der Waals surface area contributed by atoms with E-state index in [-0.39, 0.29) is 5.56 Å². The number of aromatic amines is 1. The van der Waals surface area contributed by atoms with Crippen LogP contribution in [-0.2, 0) is 6.54 Å². The van der Waals surface area contributed by atoms with Crippen LogP contribution in [0.4, 0.5) is 5.69 Å². The van der Waals surface area contributed by atoms with Crippen molar-refractivity contribution in [3.8, 4) is 0 Å². The number of aromatic nitrogens is 2. The van der Waals surface area contributed by atoms with E-state index in [0.29, 0.717) is 12.4 Å². The molecule has 1 N–H and O–H groups in total. The van der Waals surface area contributed by atoms with Gasteiger partial charge >= 0.3 is 0 Å². The van der Waals surface area contributed by atoms with Gasteiger partial charge in [0, 0.05) is 17.6 Å². The Morgan fingerprint density at radius 1 is 1.22 bits per heavy atom. The maximum absolute atomic E-state index is 12.4. The Kier molecular flexibility index (Phi) is 3.98. The molecule has 23 heavy (non-hydrogen) atoms. The Hall–Kier alpha value is -2.14. The van der Waals surface area contributed by atoms with Gasteiger partial charge in [-0.1, -0.05) is 17.7 Å². The molecule has 120 valence electrons. The number of rotatable bonds is 3. The summed E-state index contributed by atoms with van der Waals surface area (Å²) in [5, 5.41) is 0.727. The average molecular weight is 327 g/mol. The van der Waals surface area contributed by atoms with Gasteiger partial charge in [-0.05, 0) is 44.9 Å². The Balaban J connectivity index is 1.96. The molecular weight excluding hydrogens is 306 g/mol. The first-order valence-corrected chi connectivity index (χ1v) is 8.45. The predicted octanol–water partition coefficient (Wildman–Crippen LogP) is 3.85. The summed E-state index contributed by atoms with van der Waals surface area (Å²) in [6, 6.07) is 6.38. The number of hydrogen-bond acceptors (Lipinski definition) is 4. The molecule has 3 rings (SSSR count). The third kappa shape index (κ3) is 2.88. The van der Waals surface area contributed by atoms with E-state index < -0.39 is 0 Å². The standard InChI is InChI=1S/C18H21N3OS/c1-10-6-7-14(11(2)8-10)21(5)9-15-19-17(22)16-12(3)13(4)23-18(16)20-15/h6-8H,9H2,1-5H3,(H,19,20,22). The van der Waals surface area contributed by atoms with Gasteiger partial charge in [0.05, 0.1) is 11.9 Å². The molecule has 0 fully saturated rings. The number of hydrogen-bond donors (Lipinski definition) is 1.